The van der Waals surface area contributed by atoms with Crippen molar-refractivity contribution in [2.45, 2.75) is 0 Å². The van der Waals surface area contributed by atoms with E-state index in [1.807, 2.05) is 54.6 Å². The predicted octanol–water partition coefficient (Wildman–Crippen LogP) is 7.57. The third-order valence-electron chi connectivity index (χ3n) is 6.83. The van der Waals surface area contributed by atoms with Crippen molar-refractivity contribution in [2.24, 2.45) is 0 Å². The molecule has 8 nitrogen and oxygen atoms in total. The van der Waals surface area contributed by atoms with Crippen LogP contribution in [-0.4, -0.2) is 22.5 Å². The normalized spacial score (nSPS) is 11.2. The van der Waals surface area contributed by atoms with Gasteiger partial charge in [-0.05, 0) is 77.4 Å². The number of nitro groups is 1. The Labute approximate surface area is 259 Å². The Balaban J connectivity index is 1.33. The lowest BCUT2D eigenvalue weighted by Crippen LogP contribution is -2.30. The van der Waals surface area contributed by atoms with Gasteiger partial charge in [0.05, 0.1) is 10.5 Å². The summed E-state index contributed by atoms with van der Waals surface area (Å²) < 4.78 is 0. The first-order valence-corrected chi connectivity index (χ1v) is 14.0. The zero-order chi connectivity index (χ0) is 31.6. The summed E-state index contributed by atoms with van der Waals surface area (Å²) in [7, 11) is 0. The number of ketones is 1. The Morgan fingerprint density at radius 1 is 0.644 bits per heavy atom. The van der Waals surface area contributed by atoms with Crippen LogP contribution in [0.5, 0.6) is 0 Å². The highest BCUT2D eigenvalue weighted by atomic mass is 16.6. The summed E-state index contributed by atoms with van der Waals surface area (Å²) in [6, 6.07) is 38.4. The summed E-state index contributed by atoms with van der Waals surface area (Å²) in [5.74, 6) is -1.35. The number of allylic oxidation sites excluding steroid dienone is 1. The van der Waals surface area contributed by atoms with Gasteiger partial charge in [-0.25, -0.2) is 0 Å². The molecule has 0 atom stereocenters. The van der Waals surface area contributed by atoms with Crippen molar-refractivity contribution in [2.75, 3.05) is 5.32 Å². The number of nitrogens with one attached hydrogen (secondary N) is 2. The van der Waals surface area contributed by atoms with Gasteiger partial charge in [-0.2, -0.15) is 0 Å². The van der Waals surface area contributed by atoms with Crippen LogP contribution < -0.4 is 10.6 Å². The highest BCUT2D eigenvalue weighted by Crippen LogP contribution is 2.22. The second-order valence-electron chi connectivity index (χ2n) is 9.91. The van der Waals surface area contributed by atoms with Crippen molar-refractivity contribution in [3.63, 3.8) is 0 Å². The molecular weight excluding hydrogens is 566 g/mol. The number of benzene rings is 5. The van der Waals surface area contributed by atoms with Crippen LogP contribution >= 0.6 is 0 Å². The summed E-state index contributed by atoms with van der Waals surface area (Å²) >= 11 is 0. The number of hydrogen-bond donors (Lipinski definition) is 2. The summed E-state index contributed by atoms with van der Waals surface area (Å²) in [5.41, 5.74) is 4.14. The molecule has 45 heavy (non-hydrogen) atoms. The van der Waals surface area contributed by atoms with Gasteiger partial charge in [0.2, 0.25) is 0 Å². The van der Waals surface area contributed by atoms with Crippen molar-refractivity contribution in [3.8, 4) is 11.1 Å². The number of para-hydroxylation sites is 1. The van der Waals surface area contributed by atoms with Gasteiger partial charge in [0.15, 0.2) is 5.78 Å². The lowest BCUT2D eigenvalue weighted by molar-refractivity contribution is -0.385. The molecule has 5 aromatic carbocycles. The Hall–Kier alpha value is -6.41. The molecule has 0 bridgehead atoms. The second-order valence-corrected chi connectivity index (χ2v) is 9.91. The van der Waals surface area contributed by atoms with E-state index in [0.29, 0.717) is 27.9 Å². The number of amides is 2. The van der Waals surface area contributed by atoms with Crippen LogP contribution in [0.4, 0.5) is 11.4 Å². The SMILES string of the molecule is O=C(Nc1ccc(C(=O)/C=C/c2ccccc2[N+](=O)[O-])cc1)/C(=C/c1ccc(-c2ccccc2)cc1)NC(=O)c1ccccc1. The molecule has 5 rings (SSSR count). The average molecular weight is 594 g/mol. The highest BCUT2D eigenvalue weighted by Gasteiger charge is 2.16. The number of nitro benzene ring substituents is 1. The number of carbonyl (C=O) groups excluding carboxylic acids is 3. The largest absolute Gasteiger partial charge is 0.321 e. The van der Waals surface area contributed by atoms with E-state index in [0.717, 1.165) is 11.1 Å². The fraction of sp³-hybridized carbons (Fsp3) is 0. The number of anilines is 1. The van der Waals surface area contributed by atoms with E-state index in [1.165, 1.54) is 30.4 Å². The standard InChI is InChI=1S/C37H27N3O5/c41-35(24-21-29-11-7-8-14-34(29)40(44)45)30-19-22-32(23-20-30)38-37(43)33(39-36(42)31-12-5-2-6-13-31)25-26-15-17-28(18-16-26)27-9-3-1-4-10-27/h1-25H,(H,38,43)(H,39,42)/b24-21+,33-25-. The second kappa shape index (κ2) is 14.2. The minimum atomic E-state index is -0.554. The van der Waals surface area contributed by atoms with E-state index < -0.39 is 16.7 Å². The first kappa shape index (κ1) is 30.1. The van der Waals surface area contributed by atoms with Crippen molar-refractivity contribution >= 4 is 41.1 Å². The summed E-state index contributed by atoms with van der Waals surface area (Å²) in [6.45, 7) is 0. The van der Waals surface area contributed by atoms with Gasteiger partial charge in [-0.1, -0.05) is 84.9 Å². The van der Waals surface area contributed by atoms with Crippen LogP contribution in [-0.2, 0) is 4.79 Å². The van der Waals surface area contributed by atoms with Gasteiger partial charge in [0.25, 0.3) is 17.5 Å². The highest BCUT2D eigenvalue weighted by molar-refractivity contribution is 6.11. The van der Waals surface area contributed by atoms with Gasteiger partial charge in [-0.3, -0.25) is 24.5 Å². The van der Waals surface area contributed by atoms with Crippen LogP contribution in [0.25, 0.3) is 23.3 Å². The number of nitrogens with zero attached hydrogens (tertiary/aromatic N) is 1. The van der Waals surface area contributed by atoms with Crippen LogP contribution in [0.2, 0.25) is 0 Å². The first-order valence-electron chi connectivity index (χ1n) is 14.0. The molecule has 8 heteroatoms. The number of hydrogen-bond acceptors (Lipinski definition) is 5. The van der Waals surface area contributed by atoms with E-state index in [1.54, 1.807) is 66.7 Å². The third-order valence-corrected chi connectivity index (χ3v) is 6.83. The third kappa shape index (κ3) is 7.91. The van der Waals surface area contributed by atoms with Gasteiger partial charge in [0.1, 0.15) is 5.70 Å². The molecule has 0 radical (unpaired) electrons. The lowest BCUT2D eigenvalue weighted by Gasteiger charge is -2.12. The molecule has 2 N–H and O–H groups in total. The Morgan fingerprint density at radius 2 is 1.24 bits per heavy atom. The lowest BCUT2D eigenvalue weighted by atomic mass is 10.0. The quantitative estimate of drug-likeness (QED) is 0.0749. The zero-order valence-corrected chi connectivity index (χ0v) is 23.9. The van der Waals surface area contributed by atoms with Crippen LogP contribution in [0.1, 0.15) is 31.8 Å². The fourth-order valence-corrected chi connectivity index (χ4v) is 4.48. The number of carbonyl (C=O) groups is 3. The molecule has 0 aliphatic carbocycles. The molecule has 0 aliphatic rings. The van der Waals surface area contributed by atoms with Gasteiger partial charge in [0, 0.05) is 22.9 Å². The maximum atomic E-state index is 13.4. The van der Waals surface area contributed by atoms with E-state index in [-0.39, 0.29) is 17.2 Å². The molecule has 0 saturated heterocycles. The molecule has 2 amide bonds. The molecule has 0 saturated carbocycles. The van der Waals surface area contributed by atoms with Crippen molar-refractivity contribution in [1.82, 2.24) is 5.32 Å². The molecule has 0 unspecified atom stereocenters. The maximum Gasteiger partial charge on any atom is 0.276 e. The molecule has 0 fully saturated rings. The van der Waals surface area contributed by atoms with Crippen molar-refractivity contribution in [1.29, 1.82) is 0 Å². The molecule has 220 valence electrons. The van der Waals surface area contributed by atoms with Crippen molar-refractivity contribution in [3.05, 3.63) is 178 Å². The summed E-state index contributed by atoms with van der Waals surface area (Å²) in [6.07, 6.45) is 4.25. The van der Waals surface area contributed by atoms with E-state index in [4.69, 9.17) is 0 Å². The van der Waals surface area contributed by atoms with Crippen LogP contribution in [0, 0.1) is 10.1 Å². The summed E-state index contributed by atoms with van der Waals surface area (Å²) in [4.78, 5) is 49.8. The zero-order valence-electron chi connectivity index (χ0n) is 23.9. The fourth-order valence-electron chi connectivity index (χ4n) is 4.48. The first-order chi connectivity index (χ1) is 21.9. The van der Waals surface area contributed by atoms with E-state index in [2.05, 4.69) is 10.6 Å². The Bertz CT molecular complexity index is 1900. The van der Waals surface area contributed by atoms with Gasteiger partial charge >= 0.3 is 0 Å². The Morgan fingerprint density at radius 3 is 1.91 bits per heavy atom. The minimum absolute atomic E-state index is 0.0313. The van der Waals surface area contributed by atoms with Crippen LogP contribution in [0.3, 0.4) is 0 Å². The molecule has 0 aliphatic heterocycles. The van der Waals surface area contributed by atoms with Crippen LogP contribution in [0.15, 0.2) is 145 Å². The molecular formula is C37H27N3O5. The van der Waals surface area contributed by atoms with Crippen molar-refractivity contribution < 1.29 is 19.3 Å². The topological polar surface area (TPSA) is 118 Å². The van der Waals surface area contributed by atoms with Gasteiger partial charge < -0.3 is 10.6 Å². The predicted molar refractivity (Wildman–Crippen MR) is 175 cm³/mol. The van der Waals surface area contributed by atoms with E-state index >= 15 is 0 Å². The molecule has 0 aromatic heterocycles. The molecule has 5 aromatic rings. The van der Waals surface area contributed by atoms with E-state index in [9.17, 15) is 24.5 Å². The van der Waals surface area contributed by atoms with Gasteiger partial charge in [-0.15, -0.1) is 0 Å². The summed E-state index contributed by atoms with van der Waals surface area (Å²) in [5, 5.41) is 16.7. The molecule has 0 heterocycles. The minimum Gasteiger partial charge on any atom is -0.321 e. The molecule has 0 spiro atoms. The Kier molecular flexibility index (Phi) is 9.47. The maximum absolute atomic E-state index is 13.4. The number of rotatable bonds is 10. The smallest absolute Gasteiger partial charge is 0.276 e. The monoisotopic (exact) mass is 593 g/mol. The average Bonchev–Trinajstić information content (AvgIpc) is 3.08.